The van der Waals surface area contributed by atoms with Gasteiger partial charge in [0.25, 0.3) is 5.91 Å². The van der Waals surface area contributed by atoms with E-state index in [9.17, 15) is 18.0 Å². The number of nitrogens with zero attached hydrogens (tertiary/aromatic N) is 1. The van der Waals surface area contributed by atoms with Gasteiger partial charge >= 0.3 is 5.97 Å². The number of esters is 1. The molecule has 1 fully saturated rings. The Morgan fingerprint density at radius 1 is 1.00 bits per heavy atom. The highest BCUT2D eigenvalue weighted by molar-refractivity contribution is 7.89. The van der Waals surface area contributed by atoms with Gasteiger partial charge in [-0.25, -0.2) is 13.2 Å². The number of ether oxygens (including phenoxy) is 2. The van der Waals surface area contributed by atoms with E-state index in [1.165, 1.54) is 48.1 Å². The molecule has 1 aliphatic rings. The molecule has 174 valence electrons. The van der Waals surface area contributed by atoms with Crippen molar-refractivity contribution in [1.29, 1.82) is 0 Å². The molecule has 1 saturated heterocycles. The van der Waals surface area contributed by atoms with Crippen molar-refractivity contribution < 1.29 is 27.5 Å². The summed E-state index contributed by atoms with van der Waals surface area (Å²) in [6, 6.07) is 11.4. The molecule has 1 aromatic heterocycles. The van der Waals surface area contributed by atoms with Gasteiger partial charge in [-0.1, -0.05) is 6.42 Å². The second-order valence-electron chi connectivity index (χ2n) is 7.64. The molecule has 0 aliphatic carbocycles. The lowest BCUT2D eigenvalue weighted by Crippen LogP contribution is -2.35. The van der Waals surface area contributed by atoms with Crippen LogP contribution in [-0.2, 0) is 14.8 Å². The van der Waals surface area contributed by atoms with Crippen LogP contribution in [0, 0.1) is 0 Å². The standard InChI is InChI=1S/C23H24N2O6S2/c1-30-18-8-6-15(14-21(18)33(28,29)25-10-4-3-5-11-25)22(26)24-17-7-9-19-16(12-17)13-20(32-19)23(27)31-2/h6-9,12-14H,3-5,10-11H2,1-2H3,(H,24,26). The van der Waals surface area contributed by atoms with Gasteiger partial charge in [0, 0.05) is 29.0 Å². The molecule has 10 heteroatoms. The third-order valence-electron chi connectivity index (χ3n) is 5.52. The van der Waals surface area contributed by atoms with E-state index in [1.54, 1.807) is 18.2 Å². The van der Waals surface area contributed by atoms with E-state index >= 15 is 0 Å². The van der Waals surface area contributed by atoms with E-state index in [4.69, 9.17) is 9.47 Å². The second kappa shape index (κ2) is 9.50. The normalized spacial score (nSPS) is 14.7. The molecule has 1 amide bonds. The van der Waals surface area contributed by atoms with Crippen molar-refractivity contribution in [3.05, 3.63) is 52.9 Å². The van der Waals surface area contributed by atoms with E-state index in [2.05, 4.69) is 5.32 Å². The van der Waals surface area contributed by atoms with Crippen molar-refractivity contribution >= 4 is 49.0 Å². The van der Waals surface area contributed by atoms with Crippen LogP contribution in [-0.4, -0.2) is 51.9 Å². The number of methoxy groups -OCH3 is 2. The van der Waals surface area contributed by atoms with Crippen LogP contribution in [0.15, 0.2) is 47.4 Å². The van der Waals surface area contributed by atoms with Crippen molar-refractivity contribution in [2.75, 3.05) is 32.6 Å². The Hall–Kier alpha value is -2.95. The molecule has 0 saturated carbocycles. The fraction of sp³-hybridized carbons (Fsp3) is 0.304. The van der Waals surface area contributed by atoms with Crippen LogP contribution in [0.3, 0.4) is 0 Å². The molecule has 1 aliphatic heterocycles. The monoisotopic (exact) mass is 488 g/mol. The number of fused-ring (bicyclic) bond motifs is 1. The van der Waals surface area contributed by atoms with Gasteiger partial charge in [-0.3, -0.25) is 4.79 Å². The largest absolute Gasteiger partial charge is 0.495 e. The van der Waals surface area contributed by atoms with Crippen LogP contribution < -0.4 is 10.1 Å². The maximum Gasteiger partial charge on any atom is 0.348 e. The number of rotatable bonds is 6. The molecular weight excluding hydrogens is 464 g/mol. The molecule has 0 bridgehead atoms. The number of hydrogen-bond acceptors (Lipinski definition) is 7. The predicted molar refractivity (Wildman–Crippen MR) is 127 cm³/mol. The van der Waals surface area contributed by atoms with Gasteiger partial charge in [-0.05, 0) is 60.7 Å². The van der Waals surface area contributed by atoms with E-state index in [0.29, 0.717) is 23.7 Å². The van der Waals surface area contributed by atoms with Crippen LogP contribution in [0.5, 0.6) is 5.75 Å². The molecule has 0 spiro atoms. The minimum Gasteiger partial charge on any atom is -0.495 e. The highest BCUT2D eigenvalue weighted by atomic mass is 32.2. The Kier molecular flexibility index (Phi) is 6.68. The number of carbonyl (C=O) groups is 2. The van der Waals surface area contributed by atoms with Crippen LogP contribution >= 0.6 is 11.3 Å². The summed E-state index contributed by atoms with van der Waals surface area (Å²) < 4.78 is 38.8. The number of amides is 1. The fourth-order valence-electron chi connectivity index (χ4n) is 3.79. The van der Waals surface area contributed by atoms with Gasteiger partial charge < -0.3 is 14.8 Å². The quantitative estimate of drug-likeness (QED) is 0.524. The number of carbonyl (C=O) groups excluding carboxylic acids is 2. The highest BCUT2D eigenvalue weighted by Crippen LogP contribution is 2.31. The Bertz CT molecular complexity index is 1310. The molecule has 4 rings (SSSR count). The summed E-state index contributed by atoms with van der Waals surface area (Å²) in [7, 11) is -1.05. The first-order valence-electron chi connectivity index (χ1n) is 10.4. The van der Waals surface area contributed by atoms with Crippen molar-refractivity contribution in [2.45, 2.75) is 24.2 Å². The summed E-state index contributed by atoms with van der Waals surface area (Å²) in [5, 5.41) is 3.59. The lowest BCUT2D eigenvalue weighted by atomic mass is 10.2. The molecule has 0 atom stereocenters. The molecule has 3 aromatic rings. The van der Waals surface area contributed by atoms with Crippen molar-refractivity contribution in [3.63, 3.8) is 0 Å². The highest BCUT2D eigenvalue weighted by Gasteiger charge is 2.29. The van der Waals surface area contributed by atoms with E-state index < -0.39 is 21.9 Å². The maximum absolute atomic E-state index is 13.2. The van der Waals surface area contributed by atoms with Gasteiger partial charge in [0.15, 0.2) is 0 Å². The number of anilines is 1. The number of nitrogens with one attached hydrogen (secondary N) is 1. The Morgan fingerprint density at radius 2 is 1.76 bits per heavy atom. The zero-order valence-corrected chi connectivity index (χ0v) is 19.9. The minimum atomic E-state index is -3.78. The lowest BCUT2D eigenvalue weighted by molar-refractivity contribution is 0.0606. The van der Waals surface area contributed by atoms with Gasteiger partial charge in [-0.15, -0.1) is 11.3 Å². The smallest absolute Gasteiger partial charge is 0.348 e. The summed E-state index contributed by atoms with van der Waals surface area (Å²) in [5.74, 6) is -0.662. The lowest BCUT2D eigenvalue weighted by Gasteiger charge is -2.26. The van der Waals surface area contributed by atoms with E-state index in [-0.39, 0.29) is 16.2 Å². The van der Waals surface area contributed by atoms with Crippen LogP contribution in [0.2, 0.25) is 0 Å². The Morgan fingerprint density at radius 3 is 2.45 bits per heavy atom. The minimum absolute atomic E-state index is 0.0180. The van der Waals surface area contributed by atoms with Crippen molar-refractivity contribution in [2.24, 2.45) is 0 Å². The first-order valence-corrected chi connectivity index (χ1v) is 12.7. The first kappa shape index (κ1) is 23.2. The van der Waals surface area contributed by atoms with Gasteiger partial charge in [0.2, 0.25) is 10.0 Å². The first-order chi connectivity index (χ1) is 15.8. The third-order valence-corrected chi connectivity index (χ3v) is 8.54. The fourth-order valence-corrected chi connectivity index (χ4v) is 6.45. The van der Waals surface area contributed by atoms with Crippen molar-refractivity contribution in [1.82, 2.24) is 4.31 Å². The zero-order valence-electron chi connectivity index (χ0n) is 18.3. The number of sulfonamides is 1. The molecule has 2 heterocycles. The Labute approximate surface area is 196 Å². The molecule has 8 nitrogen and oxygen atoms in total. The third kappa shape index (κ3) is 4.73. The summed E-state index contributed by atoms with van der Waals surface area (Å²) in [6.45, 7) is 0.909. The number of thiophene rings is 1. The maximum atomic E-state index is 13.2. The molecular formula is C23H24N2O6S2. The van der Waals surface area contributed by atoms with E-state index in [1.807, 2.05) is 6.07 Å². The Balaban J connectivity index is 1.61. The number of hydrogen-bond donors (Lipinski definition) is 1. The summed E-state index contributed by atoms with van der Waals surface area (Å²) in [4.78, 5) is 25.2. The average Bonchev–Trinajstić information content (AvgIpc) is 3.27. The summed E-state index contributed by atoms with van der Waals surface area (Å²) in [6.07, 6.45) is 2.62. The van der Waals surface area contributed by atoms with Crippen LogP contribution in [0.4, 0.5) is 5.69 Å². The van der Waals surface area contributed by atoms with Gasteiger partial charge in [0.1, 0.15) is 15.5 Å². The van der Waals surface area contributed by atoms with Crippen LogP contribution in [0.1, 0.15) is 39.3 Å². The second-order valence-corrected chi connectivity index (χ2v) is 10.6. The average molecular weight is 489 g/mol. The molecule has 2 aromatic carbocycles. The van der Waals surface area contributed by atoms with Crippen LogP contribution in [0.25, 0.3) is 10.1 Å². The predicted octanol–water partition coefficient (Wildman–Crippen LogP) is 4.12. The zero-order chi connectivity index (χ0) is 23.6. The van der Waals surface area contributed by atoms with Gasteiger partial charge in [-0.2, -0.15) is 4.31 Å². The molecule has 0 unspecified atom stereocenters. The molecule has 33 heavy (non-hydrogen) atoms. The van der Waals surface area contributed by atoms with Crippen molar-refractivity contribution in [3.8, 4) is 5.75 Å². The topological polar surface area (TPSA) is 102 Å². The number of piperidine rings is 1. The molecule has 1 N–H and O–H groups in total. The SMILES string of the molecule is COC(=O)c1cc2cc(NC(=O)c3ccc(OC)c(S(=O)(=O)N4CCCCC4)c3)ccc2s1. The number of benzene rings is 2. The summed E-state index contributed by atoms with van der Waals surface area (Å²) in [5.41, 5.74) is 0.727. The summed E-state index contributed by atoms with van der Waals surface area (Å²) >= 11 is 1.30. The molecule has 0 radical (unpaired) electrons. The van der Waals surface area contributed by atoms with E-state index in [0.717, 1.165) is 29.3 Å². The van der Waals surface area contributed by atoms with Gasteiger partial charge in [0.05, 0.1) is 14.2 Å².